The number of carbonyl (C=O) groups is 2. The third-order valence-electron chi connectivity index (χ3n) is 13.7. The van der Waals surface area contributed by atoms with Crippen molar-refractivity contribution in [2.24, 2.45) is 0 Å². The van der Waals surface area contributed by atoms with Crippen LogP contribution in [0.3, 0.4) is 0 Å². The van der Waals surface area contributed by atoms with Crippen LogP contribution in [0, 0.1) is 0 Å². The minimum Gasteiger partial charge on any atom is -0.756 e. The van der Waals surface area contributed by atoms with E-state index in [1.807, 2.05) is 21.1 Å². The summed E-state index contributed by atoms with van der Waals surface area (Å²) in [6.07, 6.45) is 113. The highest BCUT2D eigenvalue weighted by Gasteiger charge is 2.22. The molecule has 0 aromatic carbocycles. The Morgan fingerprint density at radius 3 is 0.870 bits per heavy atom. The number of unbranched alkanes of at least 4 members (excludes halogenated alkanes) is 9. The smallest absolute Gasteiger partial charge is 0.306 e. The maximum Gasteiger partial charge on any atom is 0.306 e. The number of allylic oxidation sites excluding steroid dienone is 38. The topological polar surface area (TPSA) is 111 Å². The normalized spacial score (nSPS) is 14.5. The highest BCUT2D eigenvalue weighted by Crippen LogP contribution is 2.38. The minimum atomic E-state index is -4.67. The summed E-state index contributed by atoms with van der Waals surface area (Å²) in [5, 5.41) is 0. The average molecular weight is 1280 g/mol. The number of phosphoric acid groups is 1. The van der Waals surface area contributed by atoms with Crippen molar-refractivity contribution in [3.63, 3.8) is 0 Å². The van der Waals surface area contributed by atoms with E-state index in [-0.39, 0.29) is 26.1 Å². The largest absolute Gasteiger partial charge is 0.756 e. The molecule has 0 aliphatic heterocycles. The number of nitrogens with zero attached hydrogens (tertiary/aromatic N) is 1. The van der Waals surface area contributed by atoms with E-state index in [2.05, 4.69) is 245 Å². The third kappa shape index (κ3) is 73.1. The monoisotopic (exact) mass is 1280 g/mol. The van der Waals surface area contributed by atoms with Gasteiger partial charge in [0, 0.05) is 12.8 Å². The minimum absolute atomic E-state index is 0.0535. The Kier molecular flexibility index (Phi) is 64.9. The fourth-order valence-electron chi connectivity index (χ4n) is 8.38. The standard InChI is InChI=1S/C82H126NO8P/c1-6-8-10-12-14-16-18-20-22-24-26-28-30-32-34-36-37-38-39-40-41-42-43-44-45-47-49-51-53-55-57-59-61-63-65-67-69-71-73-75-82(85)91-80(79-90-92(86,87)89-77-76-83(3,4)5)78-88-81(84)74-72-70-68-66-64-62-60-58-56-54-52-50-48-46-35-33-31-29-27-25-23-21-19-17-15-13-11-9-7-2/h8-11,14-17,20-23,26-29,32-35,37-38,40-41,43-44,47-50,53-56,59-62,80H,6-7,12-13,18-19,24-25,30-31,36,39,42,45-46,51-52,57-58,63-79H2,1-5H3/b10-8-,11-9-,16-14-,17-15-,22-20-,23-21-,28-26-,29-27-,34-32-,35-33-,38-37-,41-40-,44-43-,49-47-,50-48-,55-53-,56-54-,61-59-,62-60-. The Labute approximate surface area is 562 Å². The van der Waals surface area contributed by atoms with Crippen LogP contribution in [0.1, 0.15) is 219 Å². The Hall–Kier alpha value is -5.93. The van der Waals surface area contributed by atoms with E-state index in [0.29, 0.717) is 23.9 Å². The molecular formula is C82H126NO8P. The molecule has 0 amide bonds. The van der Waals surface area contributed by atoms with Crippen LogP contribution in [0.4, 0.5) is 0 Å². The van der Waals surface area contributed by atoms with Crippen LogP contribution in [-0.2, 0) is 32.7 Å². The van der Waals surface area contributed by atoms with Gasteiger partial charge >= 0.3 is 11.9 Å². The molecule has 512 valence electrons. The van der Waals surface area contributed by atoms with Crippen molar-refractivity contribution in [1.29, 1.82) is 0 Å². The van der Waals surface area contributed by atoms with Crippen LogP contribution < -0.4 is 4.89 Å². The molecule has 10 heteroatoms. The second kappa shape index (κ2) is 69.4. The zero-order chi connectivity index (χ0) is 66.9. The van der Waals surface area contributed by atoms with Crippen molar-refractivity contribution in [2.45, 2.75) is 225 Å². The number of quaternary nitrogens is 1. The van der Waals surface area contributed by atoms with Gasteiger partial charge in [-0.15, -0.1) is 0 Å². The number of hydrogen-bond acceptors (Lipinski definition) is 8. The molecule has 0 aliphatic carbocycles. The Morgan fingerprint density at radius 2 is 0.587 bits per heavy atom. The number of rotatable bonds is 61. The lowest BCUT2D eigenvalue weighted by molar-refractivity contribution is -0.870. The highest BCUT2D eigenvalue weighted by molar-refractivity contribution is 7.45. The quantitative estimate of drug-likeness (QED) is 0.0195. The van der Waals surface area contributed by atoms with Crippen molar-refractivity contribution >= 4 is 19.8 Å². The van der Waals surface area contributed by atoms with Crippen molar-refractivity contribution in [2.75, 3.05) is 47.5 Å². The Balaban J connectivity index is 4.26. The average Bonchev–Trinajstić information content (AvgIpc) is 2.14. The summed E-state index contributed by atoms with van der Waals surface area (Å²) in [4.78, 5) is 38.1. The van der Waals surface area contributed by atoms with Gasteiger partial charge in [-0.2, -0.15) is 0 Å². The zero-order valence-electron chi connectivity index (χ0n) is 58.1. The summed E-state index contributed by atoms with van der Waals surface area (Å²) >= 11 is 0. The zero-order valence-corrected chi connectivity index (χ0v) is 59.0. The number of phosphoric ester groups is 1. The van der Waals surface area contributed by atoms with E-state index in [0.717, 1.165) is 180 Å². The van der Waals surface area contributed by atoms with Gasteiger partial charge in [-0.1, -0.05) is 277 Å². The molecule has 0 heterocycles. The summed E-state index contributed by atoms with van der Waals surface area (Å²) in [5.74, 6) is -0.906. The van der Waals surface area contributed by atoms with Crippen LogP contribution >= 0.6 is 7.82 Å². The Bertz CT molecular complexity index is 2400. The predicted octanol–water partition coefficient (Wildman–Crippen LogP) is 22.7. The van der Waals surface area contributed by atoms with Gasteiger partial charge in [0.25, 0.3) is 7.82 Å². The van der Waals surface area contributed by atoms with Gasteiger partial charge in [0.2, 0.25) is 0 Å². The third-order valence-corrected chi connectivity index (χ3v) is 14.6. The molecule has 0 radical (unpaired) electrons. The van der Waals surface area contributed by atoms with Gasteiger partial charge < -0.3 is 27.9 Å². The summed E-state index contributed by atoms with van der Waals surface area (Å²) in [7, 11) is 1.10. The van der Waals surface area contributed by atoms with Crippen molar-refractivity contribution < 1.29 is 42.1 Å². The number of likely N-dealkylation sites (N-methyl/N-ethyl adjacent to an activating group) is 1. The molecule has 0 saturated heterocycles. The lowest BCUT2D eigenvalue weighted by atomic mass is 10.1. The second-order valence-electron chi connectivity index (χ2n) is 23.4. The van der Waals surface area contributed by atoms with Gasteiger partial charge in [0.1, 0.15) is 19.8 Å². The van der Waals surface area contributed by atoms with Crippen LogP contribution in [0.2, 0.25) is 0 Å². The molecular weight excluding hydrogens is 1160 g/mol. The van der Waals surface area contributed by atoms with Crippen LogP contribution in [0.5, 0.6) is 0 Å². The number of esters is 2. The number of ether oxygens (including phenoxy) is 2. The van der Waals surface area contributed by atoms with E-state index in [1.165, 1.54) is 0 Å². The SMILES string of the molecule is CC/C=C\C/C=C\C/C=C\C/C=C\C/C=C\C/C=C\C/C=C\C/C=C\C/C=C\C/C=C\C/C=C\CCCCCCCC(=O)OC(COC(=O)CCCCCC/C=C\C/C=C\C/C=C\C/C=C\C/C=C\C/C=C\C/C=C\C/C=C\CC)COP(=O)([O-])OCC[N+](C)(C)C. The predicted molar refractivity (Wildman–Crippen MR) is 396 cm³/mol. The van der Waals surface area contributed by atoms with E-state index < -0.39 is 32.5 Å². The van der Waals surface area contributed by atoms with Crippen LogP contribution in [0.15, 0.2) is 231 Å². The molecule has 2 unspecified atom stereocenters. The van der Waals surface area contributed by atoms with Gasteiger partial charge in [-0.3, -0.25) is 14.2 Å². The number of carbonyl (C=O) groups excluding carboxylic acids is 2. The molecule has 0 bridgehead atoms. The number of hydrogen-bond donors (Lipinski definition) is 0. The first-order valence-electron chi connectivity index (χ1n) is 35.1. The molecule has 2 atom stereocenters. The van der Waals surface area contributed by atoms with E-state index in [4.69, 9.17) is 18.5 Å². The van der Waals surface area contributed by atoms with Crippen molar-refractivity contribution in [3.8, 4) is 0 Å². The molecule has 92 heavy (non-hydrogen) atoms. The first-order chi connectivity index (χ1) is 45.0. The van der Waals surface area contributed by atoms with Crippen molar-refractivity contribution in [3.05, 3.63) is 231 Å². The maximum absolute atomic E-state index is 12.9. The molecule has 0 spiro atoms. The summed E-state index contributed by atoms with van der Waals surface area (Å²) in [6.45, 7) is 3.92. The fraction of sp³-hybridized carbons (Fsp3) is 0.512. The van der Waals surface area contributed by atoms with Gasteiger partial charge in [0.15, 0.2) is 6.10 Å². The lowest BCUT2D eigenvalue weighted by Crippen LogP contribution is -2.37. The van der Waals surface area contributed by atoms with E-state index in [9.17, 15) is 19.0 Å². The molecule has 0 saturated carbocycles. The summed E-state index contributed by atoms with van der Waals surface area (Å²) in [5.41, 5.74) is 0. The maximum atomic E-state index is 12.9. The molecule has 0 N–H and O–H groups in total. The summed E-state index contributed by atoms with van der Waals surface area (Å²) in [6, 6.07) is 0. The summed E-state index contributed by atoms with van der Waals surface area (Å²) < 4.78 is 34.2. The second-order valence-corrected chi connectivity index (χ2v) is 24.8. The fourth-order valence-corrected chi connectivity index (χ4v) is 9.11. The van der Waals surface area contributed by atoms with Crippen molar-refractivity contribution in [1.82, 2.24) is 0 Å². The molecule has 9 nitrogen and oxygen atoms in total. The molecule has 0 aliphatic rings. The van der Waals surface area contributed by atoms with Crippen LogP contribution in [0.25, 0.3) is 0 Å². The van der Waals surface area contributed by atoms with E-state index in [1.54, 1.807) is 0 Å². The molecule has 0 rings (SSSR count). The van der Waals surface area contributed by atoms with E-state index >= 15 is 0 Å². The molecule has 0 aromatic rings. The first-order valence-corrected chi connectivity index (χ1v) is 36.6. The van der Waals surface area contributed by atoms with Gasteiger partial charge in [-0.05, 0) is 161 Å². The lowest BCUT2D eigenvalue weighted by Gasteiger charge is -2.28. The highest BCUT2D eigenvalue weighted by atomic mass is 31.2. The van der Waals surface area contributed by atoms with Crippen LogP contribution in [-0.4, -0.2) is 70.0 Å². The molecule has 0 aromatic heterocycles. The first kappa shape index (κ1) is 86.1. The van der Waals surface area contributed by atoms with Gasteiger partial charge in [-0.25, -0.2) is 0 Å². The molecule has 0 fully saturated rings. The van der Waals surface area contributed by atoms with Gasteiger partial charge in [0.05, 0.1) is 27.7 Å². The Morgan fingerprint density at radius 1 is 0.337 bits per heavy atom.